The molecule has 8 heteroatoms. The molecule has 0 radical (unpaired) electrons. The molecule has 0 N–H and O–H groups in total. The summed E-state index contributed by atoms with van der Waals surface area (Å²) in [5.41, 5.74) is 2.40. The minimum Gasteiger partial charge on any atom is -0.461 e. The first-order chi connectivity index (χ1) is 17.6. The van der Waals surface area contributed by atoms with Gasteiger partial charge >= 0.3 is 0 Å². The molecule has 2 aliphatic heterocycles. The van der Waals surface area contributed by atoms with E-state index in [1.807, 2.05) is 0 Å². The summed E-state index contributed by atoms with van der Waals surface area (Å²) in [5, 5.41) is 0. The summed E-state index contributed by atoms with van der Waals surface area (Å²) in [6.07, 6.45) is 8.95. The van der Waals surface area contributed by atoms with Crippen molar-refractivity contribution >= 4 is 0 Å². The number of rotatable bonds is 8. The second-order valence-corrected chi connectivity index (χ2v) is 10.1. The molecule has 0 saturated carbocycles. The van der Waals surface area contributed by atoms with Crippen molar-refractivity contribution in [1.82, 2.24) is 29.3 Å². The number of nitrogens with zero attached hydrogens (tertiary/aromatic N) is 6. The molecule has 2 aliphatic rings. The standard InChI is InChI=1S/C28H36N6O2/c1-32-27(35)19-26(25-7-13-29-21-30-25)31-28(32)36-24-11-17-33(18-12-24)14-8-22-9-15-34(16-10-22)20-23-5-3-2-4-6-23/h2-7,13,19,21-22,24H,8-12,14-18,20H2,1H3. The lowest BCUT2D eigenvalue weighted by molar-refractivity contribution is 0.0822. The highest BCUT2D eigenvalue weighted by Crippen LogP contribution is 2.24. The van der Waals surface area contributed by atoms with E-state index in [1.54, 1.807) is 19.3 Å². The van der Waals surface area contributed by atoms with E-state index >= 15 is 0 Å². The Balaban J connectivity index is 1.06. The smallest absolute Gasteiger partial charge is 0.299 e. The number of piperidine rings is 2. The molecule has 0 atom stereocenters. The lowest BCUT2D eigenvalue weighted by Crippen LogP contribution is -2.40. The molecule has 190 valence electrons. The number of likely N-dealkylation sites (tertiary alicyclic amines) is 2. The molecule has 4 heterocycles. The van der Waals surface area contributed by atoms with Crippen molar-refractivity contribution in [2.24, 2.45) is 13.0 Å². The van der Waals surface area contributed by atoms with Crippen molar-refractivity contribution in [2.45, 2.75) is 44.8 Å². The Hall–Kier alpha value is -3.10. The largest absolute Gasteiger partial charge is 0.461 e. The highest BCUT2D eigenvalue weighted by Gasteiger charge is 2.24. The topological polar surface area (TPSA) is 76.4 Å². The second kappa shape index (κ2) is 11.8. The first-order valence-corrected chi connectivity index (χ1v) is 13.1. The molecule has 8 nitrogen and oxygen atoms in total. The molecule has 36 heavy (non-hydrogen) atoms. The van der Waals surface area contributed by atoms with Crippen LogP contribution >= 0.6 is 0 Å². The molecule has 0 spiro atoms. The molecular weight excluding hydrogens is 452 g/mol. The van der Waals surface area contributed by atoms with Crippen LogP contribution in [0.3, 0.4) is 0 Å². The highest BCUT2D eigenvalue weighted by molar-refractivity contribution is 5.52. The van der Waals surface area contributed by atoms with E-state index in [2.05, 4.69) is 55.1 Å². The van der Waals surface area contributed by atoms with E-state index in [9.17, 15) is 4.79 Å². The Kier molecular flexibility index (Phi) is 8.03. The van der Waals surface area contributed by atoms with Gasteiger partial charge in [0, 0.05) is 38.9 Å². The number of aromatic nitrogens is 4. The van der Waals surface area contributed by atoms with Crippen LogP contribution in [0.4, 0.5) is 0 Å². The summed E-state index contributed by atoms with van der Waals surface area (Å²) in [6.45, 7) is 6.69. The van der Waals surface area contributed by atoms with Gasteiger partial charge < -0.3 is 9.64 Å². The monoisotopic (exact) mass is 488 g/mol. The van der Waals surface area contributed by atoms with Crippen molar-refractivity contribution in [2.75, 3.05) is 32.7 Å². The predicted molar refractivity (Wildman–Crippen MR) is 140 cm³/mol. The summed E-state index contributed by atoms with van der Waals surface area (Å²) in [4.78, 5) is 30.4. The Bertz CT molecular complexity index is 1150. The third kappa shape index (κ3) is 6.36. The van der Waals surface area contributed by atoms with Crippen molar-refractivity contribution in [1.29, 1.82) is 0 Å². The first-order valence-electron chi connectivity index (χ1n) is 13.1. The molecule has 2 saturated heterocycles. The molecule has 0 amide bonds. The van der Waals surface area contributed by atoms with Crippen molar-refractivity contribution < 1.29 is 4.74 Å². The lowest BCUT2D eigenvalue weighted by atomic mass is 9.92. The summed E-state index contributed by atoms with van der Waals surface area (Å²) in [7, 11) is 1.70. The maximum absolute atomic E-state index is 12.5. The SMILES string of the molecule is Cn1c(OC2CCN(CCC3CCN(Cc4ccccc4)CC3)CC2)nc(-c2ccncn2)cc1=O. The zero-order valence-electron chi connectivity index (χ0n) is 21.1. The van der Waals surface area contributed by atoms with E-state index in [-0.39, 0.29) is 11.7 Å². The van der Waals surface area contributed by atoms with E-state index < -0.39 is 0 Å². The molecule has 2 fully saturated rings. The maximum atomic E-state index is 12.5. The molecule has 5 rings (SSSR count). The van der Waals surface area contributed by atoms with Gasteiger partial charge in [0.2, 0.25) is 0 Å². The van der Waals surface area contributed by atoms with Crippen LogP contribution in [0.1, 0.15) is 37.7 Å². The van der Waals surface area contributed by atoms with Crippen LogP contribution in [0.2, 0.25) is 0 Å². The molecular formula is C28H36N6O2. The third-order valence-corrected chi connectivity index (χ3v) is 7.55. The molecule has 0 unspecified atom stereocenters. The molecule has 2 aromatic heterocycles. The maximum Gasteiger partial charge on any atom is 0.299 e. The predicted octanol–water partition coefficient (Wildman–Crippen LogP) is 3.38. The van der Waals surface area contributed by atoms with Crippen LogP contribution < -0.4 is 10.3 Å². The molecule has 0 aliphatic carbocycles. The van der Waals surface area contributed by atoms with E-state index in [4.69, 9.17) is 4.74 Å². The molecule has 3 aromatic rings. The summed E-state index contributed by atoms with van der Waals surface area (Å²) in [5.74, 6) is 0.828. The average molecular weight is 489 g/mol. The Morgan fingerprint density at radius 2 is 1.69 bits per heavy atom. The van der Waals surface area contributed by atoms with Crippen LogP contribution in [-0.2, 0) is 13.6 Å². The number of ether oxygens (including phenoxy) is 1. The Labute approximate surface area is 213 Å². The fourth-order valence-corrected chi connectivity index (χ4v) is 5.24. The fourth-order valence-electron chi connectivity index (χ4n) is 5.24. The minimum atomic E-state index is -0.152. The van der Waals surface area contributed by atoms with E-state index in [0.29, 0.717) is 17.4 Å². The van der Waals surface area contributed by atoms with E-state index in [1.165, 1.54) is 54.9 Å². The van der Waals surface area contributed by atoms with Gasteiger partial charge in [0.1, 0.15) is 12.4 Å². The first kappa shape index (κ1) is 24.6. The van der Waals surface area contributed by atoms with Gasteiger partial charge in [-0.05, 0) is 69.3 Å². The zero-order chi connectivity index (χ0) is 24.7. The Morgan fingerprint density at radius 1 is 0.944 bits per heavy atom. The fraction of sp³-hybridized carbons (Fsp3) is 0.500. The van der Waals surface area contributed by atoms with Gasteiger partial charge in [0.15, 0.2) is 0 Å². The van der Waals surface area contributed by atoms with E-state index in [0.717, 1.165) is 44.9 Å². The number of hydrogen-bond donors (Lipinski definition) is 0. The minimum absolute atomic E-state index is 0.0706. The van der Waals surface area contributed by atoms with Crippen molar-refractivity contribution in [3.63, 3.8) is 0 Å². The van der Waals surface area contributed by atoms with Crippen molar-refractivity contribution in [3.8, 4) is 17.4 Å². The van der Waals surface area contributed by atoms with Crippen LogP contribution in [0, 0.1) is 5.92 Å². The van der Waals surface area contributed by atoms with Gasteiger partial charge in [0.05, 0.1) is 11.4 Å². The average Bonchev–Trinajstić information content (AvgIpc) is 2.92. The van der Waals surface area contributed by atoms with Crippen LogP contribution in [0.5, 0.6) is 6.01 Å². The highest BCUT2D eigenvalue weighted by atomic mass is 16.5. The zero-order valence-corrected chi connectivity index (χ0v) is 21.1. The van der Waals surface area contributed by atoms with Gasteiger partial charge in [0.25, 0.3) is 11.6 Å². The second-order valence-electron chi connectivity index (χ2n) is 10.1. The Morgan fingerprint density at radius 3 is 2.42 bits per heavy atom. The van der Waals surface area contributed by atoms with Crippen LogP contribution in [0.25, 0.3) is 11.4 Å². The summed E-state index contributed by atoms with van der Waals surface area (Å²) in [6, 6.07) is 14.4. The third-order valence-electron chi connectivity index (χ3n) is 7.55. The normalized spacial score (nSPS) is 18.4. The van der Waals surface area contributed by atoms with Gasteiger partial charge in [-0.1, -0.05) is 30.3 Å². The van der Waals surface area contributed by atoms with Gasteiger partial charge in [-0.3, -0.25) is 14.3 Å². The molecule has 1 aromatic carbocycles. The number of hydrogen-bond acceptors (Lipinski definition) is 7. The molecule has 0 bridgehead atoms. The van der Waals surface area contributed by atoms with Crippen LogP contribution in [-0.4, -0.2) is 68.1 Å². The van der Waals surface area contributed by atoms with Gasteiger partial charge in [-0.25, -0.2) is 9.97 Å². The summed E-state index contributed by atoms with van der Waals surface area (Å²) < 4.78 is 7.68. The van der Waals surface area contributed by atoms with Gasteiger partial charge in [-0.15, -0.1) is 0 Å². The lowest BCUT2D eigenvalue weighted by Gasteiger charge is -2.35. The quantitative estimate of drug-likeness (QED) is 0.481. The van der Waals surface area contributed by atoms with Crippen LogP contribution in [0.15, 0.2) is 59.8 Å². The van der Waals surface area contributed by atoms with Gasteiger partial charge in [-0.2, -0.15) is 4.98 Å². The number of benzene rings is 1. The summed E-state index contributed by atoms with van der Waals surface area (Å²) >= 11 is 0. The van der Waals surface area contributed by atoms with Crippen molar-refractivity contribution in [3.05, 3.63) is 70.9 Å².